The van der Waals surface area contributed by atoms with Gasteiger partial charge in [-0.05, 0) is 94.0 Å². The number of nitrogens with zero attached hydrogens (tertiary/aromatic N) is 2. The normalized spacial score (nSPS) is 11.4. The van der Waals surface area contributed by atoms with E-state index < -0.39 is 0 Å². The third-order valence-corrected chi connectivity index (χ3v) is 9.93. The Balaban J connectivity index is 1.02. The number of aromatic nitrogens is 1. The zero-order chi connectivity index (χ0) is 35.1. The minimum atomic E-state index is 0.600. The van der Waals surface area contributed by atoms with Crippen molar-refractivity contribution in [1.82, 2.24) is 4.98 Å². The van der Waals surface area contributed by atoms with Gasteiger partial charge in [-0.25, -0.2) is 4.98 Å². The molecule has 0 spiro atoms. The largest absolute Gasteiger partial charge is 0.456 e. The highest BCUT2D eigenvalue weighted by molar-refractivity contribution is 6.15. The molecule has 250 valence electrons. The Kier molecular flexibility index (Phi) is 7.43. The Morgan fingerprint density at radius 3 is 1.51 bits per heavy atom. The van der Waals surface area contributed by atoms with E-state index >= 15 is 0 Å². The molecule has 4 heteroatoms. The lowest BCUT2D eigenvalue weighted by molar-refractivity contribution is 0.617. The van der Waals surface area contributed by atoms with Crippen molar-refractivity contribution in [3.63, 3.8) is 0 Å². The predicted molar refractivity (Wildman–Crippen MR) is 218 cm³/mol. The number of para-hydroxylation sites is 1. The molecule has 0 saturated carbocycles. The molecule has 0 amide bonds. The monoisotopic (exact) mass is 680 g/mol. The maximum atomic E-state index is 6.39. The summed E-state index contributed by atoms with van der Waals surface area (Å²) in [6.07, 6.45) is 0. The summed E-state index contributed by atoms with van der Waals surface area (Å²) in [5, 5.41) is 2.08. The van der Waals surface area contributed by atoms with Crippen molar-refractivity contribution in [3.8, 4) is 44.8 Å². The Labute approximate surface area is 306 Å². The predicted octanol–water partition coefficient (Wildman–Crippen LogP) is 13.9. The van der Waals surface area contributed by atoms with Crippen LogP contribution in [-0.2, 0) is 0 Å². The van der Waals surface area contributed by atoms with E-state index in [0.29, 0.717) is 11.5 Å². The molecule has 0 N–H and O–H groups in total. The maximum Gasteiger partial charge on any atom is 0.227 e. The van der Waals surface area contributed by atoms with E-state index in [4.69, 9.17) is 13.8 Å². The average molecular weight is 681 g/mol. The second-order valence-corrected chi connectivity index (χ2v) is 13.2. The van der Waals surface area contributed by atoms with Crippen LogP contribution in [-0.4, -0.2) is 4.98 Å². The van der Waals surface area contributed by atoms with Gasteiger partial charge >= 0.3 is 0 Å². The molecule has 8 aromatic carbocycles. The average Bonchev–Trinajstić information content (AvgIpc) is 3.82. The Bertz CT molecular complexity index is 2860. The fourth-order valence-corrected chi connectivity index (χ4v) is 7.40. The van der Waals surface area contributed by atoms with Gasteiger partial charge in [0.25, 0.3) is 0 Å². The molecule has 10 aromatic rings. The molecule has 0 aliphatic carbocycles. The van der Waals surface area contributed by atoms with E-state index in [1.165, 1.54) is 22.3 Å². The van der Waals surface area contributed by atoms with E-state index in [2.05, 4.69) is 157 Å². The van der Waals surface area contributed by atoms with Crippen LogP contribution in [0.25, 0.3) is 77.9 Å². The Morgan fingerprint density at radius 1 is 0.358 bits per heavy atom. The van der Waals surface area contributed by atoms with Gasteiger partial charge in [-0.2, -0.15) is 0 Å². The van der Waals surface area contributed by atoms with Crippen molar-refractivity contribution >= 4 is 50.1 Å². The summed E-state index contributed by atoms with van der Waals surface area (Å²) in [7, 11) is 0. The first kappa shape index (κ1) is 30.6. The number of hydrogen-bond donors (Lipinski definition) is 0. The minimum Gasteiger partial charge on any atom is -0.456 e. The van der Waals surface area contributed by atoms with Crippen LogP contribution in [0.3, 0.4) is 0 Å². The van der Waals surface area contributed by atoms with E-state index in [1.807, 2.05) is 42.5 Å². The van der Waals surface area contributed by atoms with Crippen LogP contribution in [0, 0.1) is 0 Å². The van der Waals surface area contributed by atoms with Crippen molar-refractivity contribution in [2.75, 3.05) is 4.90 Å². The van der Waals surface area contributed by atoms with Gasteiger partial charge in [0.15, 0.2) is 5.58 Å². The van der Waals surface area contributed by atoms with Gasteiger partial charge in [-0.3, -0.25) is 0 Å². The van der Waals surface area contributed by atoms with E-state index in [9.17, 15) is 0 Å². The Hall–Kier alpha value is -7.17. The molecule has 0 aliphatic heterocycles. The summed E-state index contributed by atoms with van der Waals surface area (Å²) in [6.45, 7) is 0. The molecule has 0 fully saturated rings. The topological polar surface area (TPSA) is 42.4 Å². The molecule has 10 rings (SSSR count). The number of oxazole rings is 1. The Morgan fingerprint density at radius 2 is 0.868 bits per heavy atom. The fourth-order valence-electron chi connectivity index (χ4n) is 7.40. The smallest absolute Gasteiger partial charge is 0.227 e. The molecule has 0 radical (unpaired) electrons. The van der Waals surface area contributed by atoms with Crippen LogP contribution < -0.4 is 4.90 Å². The molecule has 53 heavy (non-hydrogen) atoms. The van der Waals surface area contributed by atoms with Crippen molar-refractivity contribution in [2.45, 2.75) is 0 Å². The highest BCUT2D eigenvalue weighted by Gasteiger charge is 2.18. The first-order valence-electron chi connectivity index (χ1n) is 17.8. The number of anilines is 3. The number of benzene rings is 8. The summed E-state index contributed by atoms with van der Waals surface area (Å²) >= 11 is 0. The van der Waals surface area contributed by atoms with Crippen LogP contribution in [0.2, 0.25) is 0 Å². The van der Waals surface area contributed by atoms with Gasteiger partial charge in [0, 0.05) is 39.5 Å². The van der Waals surface area contributed by atoms with E-state index in [0.717, 1.165) is 61.2 Å². The lowest BCUT2D eigenvalue weighted by Gasteiger charge is -2.26. The van der Waals surface area contributed by atoms with Gasteiger partial charge in [0.2, 0.25) is 5.89 Å². The molecule has 0 bridgehead atoms. The van der Waals surface area contributed by atoms with Gasteiger partial charge in [-0.1, -0.05) is 127 Å². The molecule has 2 heterocycles. The fraction of sp³-hybridized carbons (Fsp3) is 0. The van der Waals surface area contributed by atoms with Gasteiger partial charge in [0.1, 0.15) is 16.7 Å². The highest BCUT2D eigenvalue weighted by atomic mass is 16.4. The SMILES string of the molecule is c1ccc(-c2nc3cc4c(cc3o2)oc2cccc(-c3ccc(N(c5ccccc5)c5ccc(-c6ccccc6-c6ccccc6)cc5)cc3)c24)cc1. The lowest BCUT2D eigenvalue weighted by Crippen LogP contribution is -2.09. The third kappa shape index (κ3) is 5.54. The summed E-state index contributed by atoms with van der Waals surface area (Å²) in [5.41, 5.74) is 14.3. The van der Waals surface area contributed by atoms with Crippen LogP contribution >= 0.6 is 0 Å². The van der Waals surface area contributed by atoms with Crippen molar-refractivity contribution in [2.24, 2.45) is 0 Å². The molecule has 0 saturated heterocycles. The number of furan rings is 1. The molecule has 0 aliphatic rings. The first-order valence-corrected chi connectivity index (χ1v) is 17.8. The van der Waals surface area contributed by atoms with Crippen molar-refractivity contribution in [1.29, 1.82) is 0 Å². The quantitative estimate of drug-likeness (QED) is 0.168. The van der Waals surface area contributed by atoms with E-state index in [-0.39, 0.29) is 0 Å². The standard InChI is InChI=1S/C49H32N2O2/c1-4-13-33(14-5-1)40-19-10-11-20-41(40)34-23-27-38(28-24-34)51(37-17-8-3-9-18-37)39-29-25-35(26-30-39)42-21-12-22-45-48(42)43-31-44-47(32-46(43)52-45)53-49(50-44)36-15-6-2-7-16-36/h1-32H. The second kappa shape index (κ2) is 12.9. The van der Waals surface area contributed by atoms with Crippen LogP contribution in [0.1, 0.15) is 0 Å². The molecule has 0 unspecified atom stereocenters. The maximum absolute atomic E-state index is 6.39. The molecule has 4 nitrogen and oxygen atoms in total. The first-order chi connectivity index (χ1) is 26.3. The van der Waals surface area contributed by atoms with Crippen LogP contribution in [0.5, 0.6) is 0 Å². The zero-order valence-electron chi connectivity index (χ0n) is 28.7. The molecular formula is C49H32N2O2. The number of hydrogen-bond acceptors (Lipinski definition) is 4. The second-order valence-electron chi connectivity index (χ2n) is 13.2. The summed E-state index contributed by atoms with van der Waals surface area (Å²) in [4.78, 5) is 7.14. The summed E-state index contributed by atoms with van der Waals surface area (Å²) < 4.78 is 12.6. The third-order valence-electron chi connectivity index (χ3n) is 9.93. The summed E-state index contributed by atoms with van der Waals surface area (Å²) in [6, 6.07) is 67.6. The highest BCUT2D eigenvalue weighted by Crippen LogP contribution is 2.41. The van der Waals surface area contributed by atoms with Crippen LogP contribution in [0.4, 0.5) is 17.1 Å². The zero-order valence-corrected chi connectivity index (χ0v) is 28.7. The number of fused-ring (bicyclic) bond motifs is 4. The van der Waals surface area contributed by atoms with Crippen molar-refractivity contribution in [3.05, 3.63) is 194 Å². The number of rotatable bonds is 7. The van der Waals surface area contributed by atoms with Gasteiger partial charge < -0.3 is 13.7 Å². The van der Waals surface area contributed by atoms with Gasteiger partial charge in [0.05, 0.1) is 0 Å². The lowest BCUT2D eigenvalue weighted by atomic mass is 9.94. The van der Waals surface area contributed by atoms with Gasteiger partial charge in [-0.15, -0.1) is 0 Å². The minimum absolute atomic E-state index is 0.600. The van der Waals surface area contributed by atoms with Crippen LogP contribution in [0.15, 0.2) is 203 Å². The molecule has 0 atom stereocenters. The molecular weight excluding hydrogens is 649 g/mol. The molecule has 2 aromatic heterocycles. The van der Waals surface area contributed by atoms with E-state index in [1.54, 1.807) is 0 Å². The summed E-state index contributed by atoms with van der Waals surface area (Å²) in [5.74, 6) is 0.600. The van der Waals surface area contributed by atoms with Crippen molar-refractivity contribution < 1.29 is 8.83 Å².